The second-order valence-corrected chi connectivity index (χ2v) is 14.3. The molecule has 48 heavy (non-hydrogen) atoms. The Labute approximate surface area is 288 Å². The van der Waals surface area contributed by atoms with Gasteiger partial charge in [0.1, 0.15) is 11.5 Å². The molecular weight excluding hydrogens is 600 g/mol. The molecule has 3 aromatic rings. The summed E-state index contributed by atoms with van der Waals surface area (Å²) in [7, 11) is 3.01. The minimum atomic E-state index is -0.0923. The Hall–Kier alpha value is -3.28. The molecule has 6 nitrogen and oxygen atoms in total. The number of ether oxygens (including phenoxy) is 4. The molecule has 0 saturated heterocycles. The molecule has 0 N–H and O–H groups in total. The lowest BCUT2D eigenvalue weighted by Gasteiger charge is -2.23. The maximum Gasteiger partial charge on any atom is 0.308 e. The van der Waals surface area contributed by atoms with Crippen LogP contribution in [0.15, 0.2) is 48.5 Å². The lowest BCUT2D eigenvalue weighted by atomic mass is 9.83. The first-order valence-electron chi connectivity index (χ1n) is 18.9. The van der Waals surface area contributed by atoms with E-state index >= 15 is 0 Å². The second-order valence-electron chi connectivity index (χ2n) is 14.3. The summed E-state index contributed by atoms with van der Waals surface area (Å²) in [5.74, 6) is 2.89. The molecule has 262 valence electrons. The molecular formula is C42H58O6. The Bertz CT molecular complexity index is 1270. The van der Waals surface area contributed by atoms with Crippen molar-refractivity contribution in [3.63, 3.8) is 0 Å². The van der Waals surface area contributed by atoms with Gasteiger partial charge in [-0.15, -0.1) is 0 Å². The van der Waals surface area contributed by atoms with Crippen molar-refractivity contribution >= 4 is 33.5 Å². The zero-order valence-corrected chi connectivity index (χ0v) is 29.5. The van der Waals surface area contributed by atoms with E-state index in [4.69, 9.17) is 18.9 Å². The van der Waals surface area contributed by atoms with Gasteiger partial charge in [0.2, 0.25) is 0 Å². The summed E-state index contributed by atoms with van der Waals surface area (Å²) in [5.41, 5.74) is 0. The molecule has 5 rings (SSSR count). The Morgan fingerprint density at radius 2 is 0.917 bits per heavy atom. The van der Waals surface area contributed by atoms with E-state index in [0.717, 1.165) is 96.2 Å². The minimum Gasteiger partial charge on any atom is -0.492 e. The van der Waals surface area contributed by atoms with E-state index in [1.807, 2.05) is 24.3 Å². The zero-order chi connectivity index (χ0) is 33.6. The summed E-state index contributed by atoms with van der Waals surface area (Å²) in [4.78, 5) is 25.3. The van der Waals surface area contributed by atoms with Gasteiger partial charge >= 0.3 is 11.9 Å². The number of fused-ring (bicyclic) bond motifs is 2. The van der Waals surface area contributed by atoms with Crippen LogP contribution in [0.3, 0.4) is 0 Å². The minimum absolute atomic E-state index is 0.0733. The molecule has 2 unspecified atom stereocenters. The SMILES string of the molecule is COC(=O)C(CCCOc1c2ccccc2c(OCCCC(CCC2CCCCC2)C(=O)OC)c2ccccc12)CCC1CCCCC1. The van der Waals surface area contributed by atoms with E-state index in [0.29, 0.717) is 13.2 Å². The first kappa shape index (κ1) is 36.0. The summed E-state index contributed by atoms with van der Waals surface area (Å²) in [6.45, 7) is 1.06. The number of hydrogen-bond donors (Lipinski definition) is 0. The van der Waals surface area contributed by atoms with E-state index in [-0.39, 0.29) is 23.8 Å². The number of carbonyl (C=O) groups excluding carboxylic acids is 2. The predicted octanol–water partition coefficient (Wildman–Crippen LogP) is 10.6. The molecule has 0 amide bonds. The summed E-state index contributed by atoms with van der Waals surface area (Å²) in [5, 5.41) is 4.08. The van der Waals surface area contributed by atoms with Crippen LogP contribution < -0.4 is 9.47 Å². The fourth-order valence-corrected chi connectivity index (χ4v) is 8.29. The number of methoxy groups -OCH3 is 2. The molecule has 0 heterocycles. The lowest BCUT2D eigenvalue weighted by molar-refractivity contribution is -0.147. The number of benzene rings is 3. The normalized spacial score (nSPS) is 17.2. The fourth-order valence-electron chi connectivity index (χ4n) is 8.29. The molecule has 2 aliphatic rings. The van der Waals surface area contributed by atoms with Gasteiger partial charge in [-0.05, 0) is 63.2 Å². The molecule has 3 aromatic carbocycles. The van der Waals surface area contributed by atoms with E-state index in [9.17, 15) is 9.59 Å². The average molecular weight is 659 g/mol. The van der Waals surface area contributed by atoms with Crippen LogP contribution in [0.2, 0.25) is 0 Å². The third kappa shape index (κ3) is 9.89. The molecule has 0 bridgehead atoms. The van der Waals surface area contributed by atoms with Gasteiger partial charge < -0.3 is 18.9 Å². The van der Waals surface area contributed by atoms with E-state index in [1.165, 1.54) is 78.4 Å². The summed E-state index contributed by atoms with van der Waals surface area (Å²) < 4.78 is 23.5. The van der Waals surface area contributed by atoms with Crippen LogP contribution in [0, 0.1) is 23.7 Å². The highest BCUT2D eigenvalue weighted by molar-refractivity contribution is 6.11. The van der Waals surface area contributed by atoms with Crippen molar-refractivity contribution in [1.29, 1.82) is 0 Å². The highest BCUT2D eigenvalue weighted by atomic mass is 16.5. The highest BCUT2D eigenvalue weighted by Gasteiger charge is 2.24. The molecule has 2 saturated carbocycles. The molecule has 2 aliphatic carbocycles. The second kappa shape index (κ2) is 19.0. The first-order valence-corrected chi connectivity index (χ1v) is 18.9. The Balaban J connectivity index is 1.21. The van der Waals surface area contributed by atoms with Gasteiger partial charge in [0.15, 0.2) is 0 Å². The van der Waals surface area contributed by atoms with Crippen LogP contribution in [0.4, 0.5) is 0 Å². The van der Waals surface area contributed by atoms with E-state index in [1.54, 1.807) is 0 Å². The van der Waals surface area contributed by atoms with Crippen LogP contribution in [-0.4, -0.2) is 39.4 Å². The molecule has 6 heteroatoms. The zero-order valence-electron chi connectivity index (χ0n) is 29.5. The maximum absolute atomic E-state index is 12.6. The summed E-state index contributed by atoms with van der Waals surface area (Å²) in [6.07, 6.45) is 20.3. The molecule has 2 atom stereocenters. The van der Waals surface area contributed by atoms with Gasteiger partial charge in [0.25, 0.3) is 0 Å². The first-order chi connectivity index (χ1) is 23.6. The van der Waals surface area contributed by atoms with Crippen LogP contribution in [0.1, 0.15) is 116 Å². The van der Waals surface area contributed by atoms with Crippen LogP contribution in [-0.2, 0) is 19.1 Å². The van der Waals surface area contributed by atoms with Crippen molar-refractivity contribution in [2.75, 3.05) is 27.4 Å². The van der Waals surface area contributed by atoms with Crippen LogP contribution in [0.25, 0.3) is 21.5 Å². The van der Waals surface area contributed by atoms with E-state index < -0.39 is 0 Å². The largest absolute Gasteiger partial charge is 0.492 e. The van der Waals surface area contributed by atoms with Gasteiger partial charge in [-0.25, -0.2) is 0 Å². The lowest BCUT2D eigenvalue weighted by Crippen LogP contribution is -2.19. The number of hydrogen-bond acceptors (Lipinski definition) is 6. The van der Waals surface area contributed by atoms with Crippen LogP contribution in [0.5, 0.6) is 11.5 Å². The van der Waals surface area contributed by atoms with Gasteiger partial charge in [-0.1, -0.05) is 113 Å². The van der Waals surface area contributed by atoms with Crippen molar-refractivity contribution in [3.05, 3.63) is 48.5 Å². The predicted molar refractivity (Wildman–Crippen MR) is 194 cm³/mol. The highest BCUT2D eigenvalue weighted by Crippen LogP contribution is 2.43. The van der Waals surface area contributed by atoms with Gasteiger partial charge in [0.05, 0.1) is 39.3 Å². The summed E-state index contributed by atoms with van der Waals surface area (Å²) >= 11 is 0. The van der Waals surface area contributed by atoms with Gasteiger partial charge in [0, 0.05) is 21.5 Å². The molecule has 0 spiro atoms. The molecule has 0 aliphatic heterocycles. The maximum atomic E-state index is 12.6. The third-order valence-corrected chi connectivity index (χ3v) is 11.1. The van der Waals surface area contributed by atoms with Gasteiger partial charge in [-0.3, -0.25) is 9.59 Å². The molecule has 0 aromatic heterocycles. The number of esters is 2. The smallest absolute Gasteiger partial charge is 0.308 e. The van der Waals surface area contributed by atoms with E-state index in [2.05, 4.69) is 24.3 Å². The topological polar surface area (TPSA) is 71.1 Å². The van der Waals surface area contributed by atoms with Crippen molar-refractivity contribution in [2.45, 2.75) is 116 Å². The van der Waals surface area contributed by atoms with Crippen molar-refractivity contribution in [3.8, 4) is 11.5 Å². The van der Waals surface area contributed by atoms with Crippen LogP contribution >= 0.6 is 0 Å². The number of carbonyl (C=O) groups is 2. The Morgan fingerprint density at radius 1 is 0.562 bits per heavy atom. The monoisotopic (exact) mass is 658 g/mol. The molecule has 2 fully saturated rings. The Kier molecular flexibility index (Phi) is 14.3. The Morgan fingerprint density at radius 3 is 1.25 bits per heavy atom. The van der Waals surface area contributed by atoms with Crippen molar-refractivity contribution in [1.82, 2.24) is 0 Å². The quantitative estimate of drug-likeness (QED) is 0.0769. The van der Waals surface area contributed by atoms with Crippen molar-refractivity contribution in [2.24, 2.45) is 23.7 Å². The third-order valence-electron chi connectivity index (χ3n) is 11.1. The molecule has 0 radical (unpaired) electrons. The summed E-state index contributed by atoms with van der Waals surface area (Å²) in [6, 6.07) is 16.6. The average Bonchev–Trinajstić information content (AvgIpc) is 3.14. The van der Waals surface area contributed by atoms with Gasteiger partial charge in [-0.2, -0.15) is 0 Å². The standard InChI is InChI=1S/C42H58O6/c1-45-41(43)33(27-25-31-15-5-3-6-16-31)19-13-29-47-39-35-21-9-11-23-37(35)40(38-24-12-10-22-36(38)39)48-30-14-20-34(42(44)46-2)28-26-32-17-7-4-8-18-32/h9-12,21-24,31-34H,3-8,13-20,25-30H2,1-2H3. The fraction of sp³-hybridized carbons (Fsp3) is 0.619. The van der Waals surface area contributed by atoms with Crippen molar-refractivity contribution < 1.29 is 28.5 Å². The number of rotatable bonds is 18.